The van der Waals surface area contributed by atoms with Crippen molar-refractivity contribution < 1.29 is 4.79 Å². The summed E-state index contributed by atoms with van der Waals surface area (Å²) < 4.78 is 1.63. The van der Waals surface area contributed by atoms with E-state index in [1.807, 2.05) is 0 Å². The van der Waals surface area contributed by atoms with E-state index in [-0.39, 0.29) is 5.91 Å². The number of nitrogens with one attached hydrogen (secondary N) is 1. The number of hydrogen-bond donors (Lipinski definition) is 1. The van der Waals surface area contributed by atoms with Crippen LogP contribution in [0.4, 0.5) is 5.69 Å². The standard InChI is InChI=1S/C10H8Cl2N4O/c1-6(17)15-9-2-8(12)10(3-7(9)11)16-4-13-14-5-16/h2-5H,1H3,(H,15,17). The fourth-order valence-electron chi connectivity index (χ4n) is 1.34. The van der Waals surface area contributed by atoms with Gasteiger partial charge >= 0.3 is 0 Å². The van der Waals surface area contributed by atoms with Gasteiger partial charge in [-0.15, -0.1) is 10.2 Å². The molecule has 2 aromatic rings. The molecule has 1 amide bonds. The molecule has 0 atom stereocenters. The van der Waals surface area contributed by atoms with Crippen molar-refractivity contribution in [2.24, 2.45) is 0 Å². The molecule has 0 aliphatic heterocycles. The Morgan fingerprint density at radius 1 is 1.24 bits per heavy atom. The molecule has 1 heterocycles. The SMILES string of the molecule is CC(=O)Nc1cc(Cl)c(-n2cnnc2)cc1Cl. The molecule has 0 unspecified atom stereocenters. The molecule has 0 aliphatic carbocycles. The largest absolute Gasteiger partial charge is 0.325 e. The van der Waals surface area contributed by atoms with Gasteiger partial charge < -0.3 is 5.32 Å². The van der Waals surface area contributed by atoms with E-state index >= 15 is 0 Å². The van der Waals surface area contributed by atoms with Crippen molar-refractivity contribution in [3.05, 3.63) is 34.8 Å². The van der Waals surface area contributed by atoms with E-state index in [1.54, 1.807) is 16.7 Å². The first-order valence-electron chi connectivity index (χ1n) is 4.69. The fourth-order valence-corrected chi connectivity index (χ4v) is 1.81. The highest BCUT2D eigenvalue weighted by Crippen LogP contribution is 2.31. The minimum atomic E-state index is -0.208. The maximum Gasteiger partial charge on any atom is 0.221 e. The van der Waals surface area contributed by atoms with Crippen molar-refractivity contribution in [1.82, 2.24) is 14.8 Å². The van der Waals surface area contributed by atoms with Crippen LogP contribution in [0.1, 0.15) is 6.92 Å². The van der Waals surface area contributed by atoms with E-state index in [9.17, 15) is 4.79 Å². The minimum Gasteiger partial charge on any atom is -0.325 e. The fraction of sp³-hybridized carbons (Fsp3) is 0.100. The normalized spacial score (nSPS) is 10.3. The van der Waals surface area contributed by atoms with Gasteiger partial charge in [-0.1, -0.05) is 23.2 Å². The predicted molar refractivity (Wildman–Crippen MR) is 65.7 cm³/mol. The lowest BCUT2D eigenvalue weighted by Gasteiger charge is -2.10. The van der Waals surface area contributed by atoms with Gasteiger partial charge in [0.15, 0.2) is 0 Å². The molecular weight excluding hydrogens is 263 g/mol. The van der Waals surface area contributed by atoms with Gasteiger partial charge in [0.05, 0.1) is 21.4 Å². The Bertz CT molecular complexity index is 554. The lowest BCUT2D eigenvalue weighted by atomic mass is 10.2. The number of anilines is 1. The quantitative estimate of drug-likeness (QED) is 0.913. The third-order valence-corrected chi connectivity index (χ3v) is 2.66. The van der Waals surface area contributed by atoms with Crippen LogP contribution in [0.3, 0.4) is 0 Å². The van der Waals surface area contributed by atoms with Crippen molar-refractivity contribution >= 4 is 34.8 Å². The van der Waals surface area contributed by atoms with Crippen molar-refractivity contribution in [2.45, 2.75) is 6.92 Å². The van der Waals surface area contributed by atoms with Crippen LogP contribution in [-0.4, -0.2) is 20.7 Å². The van der Waals surface area contributed by atoms with Crippen molar-refractivity contribution in [2.75, 3.05) is 5.32 Å². The first-order valence-corrected chi connectivity index (χ1v) is 5.45. The molecule has 17 heavy (non-hydrogen) atoms. The highest BCUT2D eigenvalue weighted by atomic mass is 35.5. The Labute approximate surface area is 107 Å². The zero-order valence-corrected chi connectivity index (χ0v) is 10.3. The van der Waals surface area contributed by atoms with E-state index in [2.05, 4.69) is 15.5 Å². The Morgan fingerprint density at radius 2 is 1.88 bits per heavy atom. The number of amides is 1. The molecule has 7 heteroatoms. The lowest BCUT2D eigenvalue weighted by molar-refractivity contribution is -0.114. The monoisotopic (exact) mass is 270 g/mol. The summed E-state index contributed by atoms with van der Waals surface area (Å²) in [6.07, 6.45) is 3.02. The van der Waals surface area contributed by atoms with Gasteiger partial charge in [-0.25, -0.2) is 0 Å². The molecule has 88 valence electrons. The van der Waals surface area contributed by atoms with Crippen molar-refractivity contribution in [3.63, 3.8) is 0 Å². The highest BCUT2D eigenvalue weighted by Gasteiger charge is 2.09. The average molecular weight is 271 g/mol. The Kier molecular flexibility index (Phi) is 3.31. The molecule has 1 aromatic carbocycles. The van der Waals surface area contributed by atoms with Gasteiger partial charge in [-0.05, 0) is 12.1 Å². The number of nitrogens with zero attached hydrogens (tertiary/aromatic N) is 3. The van der Waals surface area contributed by atoms with Gasteiger partial charge in [-0.3, -0.25) is 9.36 Å². The molecule has 1 aromatic heterocycles. The van der Waals surface area contributed by atoms with Crippen LogP contribution in [0.2, 0.25) is 10.0 Å². The molecule has 0 bridgehead atoms. The van der Waals surface area contributed by atoms with Crippen LogP contribution >= 0.6 is 23.2 Å². The van der Waals surface area contributed by atoms with E-state index in [0.29, 0.717) is 21.4 Å². The third kappa shape index (κ3) is 2.57. The van der Waals surface area contributed by atoms with Crippen LogP contribution in [0.5, 0.6) is 0 Å². The zero-order chi connectivity index (χ0) is 12.4. The second kappa shape index (κ2) is 4.73. The average Bonchev–Trinajstić information content (AvgIpc) is 2.75. The van der Waals surface area contributed by atoms with Gasteiger partial charge in [0.2, 0.25) is 5.91 Å². The first kappa shape index (κ1) is 11.9. The van der Waals surface area contributed by atoms with E-state index in [4.69, 9.17) is 23.2 Å². The summed E-state index contributed by atoms with van der Waals surface area (Å²) in [6, 6.07) is 3.22. The number of halogens is 2. The van der Waals surface area contributed by atoms with Gasteiger partial charge in [0.25, 0.3) is 0 Å². The molecule has 0 fully saturated rings. The molecule has 0 radical (unpaired) electrons. The third-order valence-electron chi connectivity index (χ3n) is 2.04. The van der Waals surface area contributed by atoms with Gasteiger partial charge in [0.1, 0.15) is 12.7 Å². The summed E-state index contributed by atoms with van der Waals surface area (Å²) >= 11 is 12.1. The number of hydrogen-bond acceptors (Lipinski definition) is 3. The second-order valence-electron chi connectivity index (χ2n) is 3.33. The van der Waals surface area contributed by atoms with Crippen molar-refractivity contribution in [3.8, 4) is 5.69 Å². The molecule has 0 aliphatic rings. The van der Waals surface area contributed by atoms with Crippen LogP contribution in [0.15, 0.2) is 24.8 Å². The van der Waals surface area contributed by atoms with Crippen LogP contribution < -0.4 is 5.32 Å². The number of carbonyl (C=O) groups is 1. The van der Waals surface area contributed by atoms with Gasteiger partial charge in [-0.2, -0.15) is 0 Å². The van der Waals surface area contributed by atoms with E-state index in [1.165, 1.54) is 19.6 Å². The van der Waals surface area contributed by atoms with E-state index < -0.39 is 0 Å². The second-order valence-corrected chi connectivity index (χ2v) is 4.15. The Balaban J connectivity index is 2.45. The summed E-state index contributed by atoms with van der Waals surface area (Å²) in [4.78, 5) is 11.0. The molecule has 1 N–H and O–H groups in total. The zero-order valence-electron chi connectivity index (χ0n) is 8.82. The summed E-state index contributed by atoms with van der Waals surface area (Å²) in [7, 11) is 0. The summed E-state index contributed by atoms with van der Waals surface area (Å²) in [5.41, 5.74) is 1.12. The van der Waals surface area contributed by atoms with E-state index in [0.717, 1.165) is 0 Å². The maximum absolute atomic E-state index is 11.0. The molecule has 5 nitrogen and oxygen atoms in total. The summed E-state index contributed by atoms with van der Waals surface area (Å²) in [5, 5.41) is 10.8. The molecular formula is C10H8Cl2N4O. The smallest absolute Gasteiger partial charge is 0.221 e. The molecule has 2 rings (SSSR count). The number of rotatable bonds is 2. The Morgan fingerprint density at radius 3 is 2.47 bits per heavy atom. The van der Waals surface area contributed by atoms with Crippen LogP contribution in [0, 0.1) is 0 Å². The van der Waals surface area contributed by atoms with Crippen LogP contribution in [0.25, 0.3) is 5.69 Å². The van der Waals surface area contributed by atoms with Crippen molar-refractivity contribution in [1.29, 1.82) is 0 Å². The summed E-state index contributed by atoms with van der Waals surface area (Å²) in [6.45, 7) is 1.40. The lowest BCUT2D eigenvalue weighted by Crippen LogP contribution is -2.06. The Hall–Kier alpha value is -1.59. The van der Waals surface area contributed by atoms with Gasteiger partial charge in [0, 0.05) is 6.92 Å². The molecule has 0 spiro atoms. The number of carbonyl (C=O) groups excluding carboxylic acids is 1. The van der Waals surface area contributed by atoms with Crippen LogP contribution in [-0.2, 0) is 4.79 Å². The maximum atomic E-state index is 11.0. The molecule has 0 saturated carbocycles. The highest BCUT2D eigenvalue weighted by molar-refractivity contribution is 6.37. The summed E-state index contributed by atoms with van der Waals surface area (Å²) in [5.74, 6) is -0.208. The minimum absolute atomic E-state index is 0.208. The number of aromatic nitrogens is 3. The predicted octanol–water partition coefficient (Wildman–Crippen LogP) is 2.53. The number of benzene rings is 1. The first-order chi connectivity index (χ1) is 8.08. The topological polar surface area (TPSA) is 59.8 Å². The molecule has 0 saturated heterocycles.